The molecule has 0 fully saturated rings. The minimum atomic E-state index is -0.982. The van der Waals surface area contributed by atoms with E-state index in [9.17, 15) is 4.79 Å². The minimum absolute atomic E-state index is 0.0576. The van der Waals surface area contributed by atoms with Crippen molar-refractivity contribution in [2.24, 2.45) is 0 Å². The Morgan fingerprint density at radius 2 is 1.06 bits per heavy atom. The second-order valence-corrected chi connectivity index (χ2v) is 19.5. The number of carbonyl (C=O) groups excluding carboxylic acids is 3. The molecule has 11 rings (SSSR count). The van der Waals surface area contributed by atoms with Gasteiger partial charge in [-0.25, -0.2) is 4.79 Å². The molecule has 360 valence electrons. The summed E-state index contributed by atoms with van der Waals surface area (Å²) in [7, 11) is 0. The molecule has 9 nitrogen and oxygen atoms in total. The molecule has 8 aromatic carbocycles. The standard InChI is InChI=1S/C61H51Cl2N3O6/c1-38(63)51-34-66(54-31-56(71-36-40-18-6-3-7-19-40)48-25-13-15-27-50(48)60(51)54)58(68)29-42(64-61(69)72-37-52-45-22-10-8-20-43(45)44-21-9-11-23-46(44)52)28-57(67)65-33-41(32-62)59-49-26-14-12-24-47(49)55(30-53(59)65)70-35-39-16-4-2-5-17-39/h2-27,30-31,41-42,51-52H,1,28-29,32-37H2,(H,64,69)/t41-,42?,51+/m1/s1. The molecule has 0 spiro atoms. The lowest BCUT2D eigenvalue weighted by atomic mass is 9.94. The normalized spacial score (nSPS) is 15.9. The van der Waals surface area contributed by atoms with Crippen LogP contribution in [-0.4, -0.2) is 49.5 Å². The Labute approximate surface area is 428 Å². The third-order valence-corrected chi connectivity index (χ3v) is 14.9. The maximum absolute atomic E-state index is 15.1. The van der Waals surface area contributed by atoms with Gasteiger partial charge in [0.1, 0.15) is 31.3 Å². The van der Waals surface area contributed by atoms with E-state index in [4.69, 9.17) is 37.4 Å². The highest BCUT2D eigenvalue weighted by molar-refractivity contribution is 6.30. The summed E-state index contributed by atoms with van der Waals surface area (Å²) in [5.41, 5.74) is 9.47. The number of rotatable bonds is 15. The predicted octanol–water partition coefficient (Wildman–Crippen LogP) is 13.4. The van der Waals surface area contributed by atoms with Gasteiger partial charge in [0.25, 0.3) is 0 Å². The van der Waals surface area contributed by atoms with Crippen LogP contribution in [0.4, 0.5) is 16.2 Å². The van der Waals surface area contributed by atoms with Crippen LogP contribution in [0.2, 0.25) is 0 Å². The van der Waals surface area contributed by atoms with Gasteiger partial charge in [0, 0.05) is 83.5 Å². The average Bonchev–Trinajstić information content (AvgIpc) is 4.10. The summed E-state index contributed by atoms with van der Waals surface area (Å²) in [5.74, 6) is 0.143. The van der Waals surface area contributed by atoms with Crippen LogP contribution in [0.1, 0.15) is 64.0 Å². The van der Waals surface area contributed by atoms with Gasteiger partial charge in [0.05, 0.1) is 11.4 Å². The van der Waals surface area contributed by atoms with Crippen LogP contribution in [0, 0.1) is 0 Å². The molecule has 2 aliphatic heterocycles. The molecule has 8 aromatic rings. The molecule has 1 N–H and O–H groups in total. The highest BCUT2D eigenvalue weighted by Crippen LogP contribution is 2.50. The van der Waals surface area contributed by atoms with E-state index in [0.717, 1.165) is 66.1 Å². The predicted molar refractivity (Wildman–Crippen MR) is 287 cm³/mol. The molecule has 3 amide bonds. The largest absolute Gasteiger partial charge is 0.488 e. The summed E-state index contributed by atoms with van der Waals surface area (Å²) >= 11 is 13.5. The number of halogens is 2. The Bertz CT molecular complexity index is 3340. The van der Waals surface area contributed by atoms with Gasteiger partial charge in [0.15, 0.2) is 0 Å². The van der Waals surface area contributed by atoms with Gasteiger partial charge in [-0.05, 0) is 55.3 Å². The van der Waals surface area contributed by atoms with E-state index in [-0.39, 0.29) is 55.5 Å². The molecule has 1 aliphatic carbocycles. The van der Waals surface area contributed by atoms with Crippen LogP contribution in [-0.2, 0) is 27.5 Å². The first-order valence-corrected chi connectivity index (χ1v) is 25.2. The van der Waals surface area contributed by atoms with E-state index in [1.54, 1.807) is 9.80 Å². The lowest BCUT2D eigenvalue weighted by molar-refractivity contribution is -0.120. The fourth-order valence-corrected chi connectivity index (χ4v) is 11.3. The van der Waals surface area contributed by atoms with Gasteiger partial charge in [-0.15, -0.1) is 11.6 Å². The van der Waals surface area contributed by atoms with Gasteiger partial charge >= 0.3 is 6.09 Å². The van der Waals surface area contributed by atoms with Crippen LogP contribution >= 0.6 is 23.2 Å². The molecular formula is C61H51Cl2N3O6. The fraction of sp³-hybridized carbons (Fsp3) is 0.197. The summed E-state index contributed by atoms with van der Waals surface area (Å²) in [6, 6.07) is 54.8. The third-order valence-electron chi connectivity index (χ3n) is 14.3. The fourth-order valence-electron chi connectivity index (χ4n) is 10.9. The molecule has 0 radical (unpaired) electrons. The maximum Gasteiger partial charge on any atom is 0.407 e. The topological polar surface area (TPSA) is 97.4 Å². The number of nitrogens with one attached hydrogen (secondary N) is 1. The Morgan fingerprint density at radius 3 is 1.58 bits per heavy atom. The number of ether oxygens (including phenoxy) is 3. The number of hydrogen-bond donors (Lipinski definition) is 1. The molecule has 0 saturated heterocycles. The van der Waals surface area contributed by atoms with E-state index in [1.807, 2.05) is 146 Å². The Balaban J connectivity index is 0.909. The van der Waals surface area contributed by atoms with Crippen molar-refractivity contribution in [3.05, 3.63) is 215 Å². The lowest BCUT2D eigenvalue weighted by Crippen LogP contribution is -2.44. The number of anilines is 2. The SMILES string of the molecule is C=C(Cl)[C@@H]1CN(C(=O)CC(CC(=O)N2C[C@@H](CCl)c3c2cc(OCc2ccccc2)c2ccccc32)NC(=O)OCC2c3ccccc3-c3ccccc32)c2cc(OCc3ccccc3)c3ccccc3c21. The molecule has 2 heterocycles. The number of fused-ring (bicyclic) bond motifs is 9. The van der Waals surface area contributed by atoms with Crippen LogP contribution in [0.25, 0.3) is 32.7 Å². The van der Waals surface area contributed by atoms with Crippen molar-refractivity contribution < 1.29 is 28.6 Å². The summed E-state index contributed by atoms with van der Waals surface area (Å²) in [6.07, 6.45) is -1.18. The van der Waals surface area contributed by atoms with Gasteiger partial charge < -0.3 is 29.3 Å². The third kappa shape index (κ3) is 9.03. The number of benzene rings is 8. The second kappa shape index (κ2) is 20.3. The van der Waals surface area contributed by atoms with Gasteiger partial charge in [0.2, 0.25) is 11.8 Å². The van der Waals surface area contributed by atoms with Gasteiger partial charge in [-0.1, -0.05) is 176 Å². The number of amides is 3. The van der Waals surface area contributed by atoms with Crippen molar-refractivity contribution in [3.63, 3.8) is 0 Å². The smallest absolute Gasteiger partial charge is 0.407 e. The number of hydrogen-bond acceptors (Lipinski definition) is 6. The first-order chi connectivity index (χ1) is 35.2. The zero-order valence-electron chi connectivity index (χ0n) is 39.4. The molecule has 0 saturated carbocycles. The molecule has 0 bridgehead atoms. The second-order valence-electron chi connectivity index (χ2n) is 18.7. The van der Waals surface area contributed by atoms with Gasteiger partial charge in [-0.3, -0.25) is 9.59 Å². The van der Waals surface area contributed by atoms with E-state index in [0.29, 0.717) is 47.7 Å². The highest BCUT2D eigenvalue weighted by Gasteiger charge is 2.40. The maximum atomic E-state index is 15.1. The van der Waals surface area contributed by atoms with Crippen molar-refractivity contribution in [1.29, 1.82) is 0 Å². The average molecular weight is 993 g/mol. The van der Waals surface area contributed by atoms with Crippen LogP contribution in [0.15, 0.2) is 181 Å². The van der Waals surface area contributed by atoms with E-state index in [1.165, 1.54) is 0 Å². The van der Waals surface area contributed by atoms with Crippen molar-refractivity contribution >= 4 is 74.0 Å². The molecule has 3 atom stereocenters. The summed E-state index contributed by atoms with van der Waals surface area (Å²) in [6.45, 7) is 5.37. The lowest BCUT2D eigenvalue weighted by Gasteiger charge is -2.26. The van der Waals surface area contributed by atoms with E-state index >= 15 is 9.59 Å². The van der Waals surface area contributed by atoms with Crippen molar-refractivity contribution in [2.75, 3.05) is 35.4 Å². The molecule has 11 heteroatoms. The number of carbonyl (C=O) groups is 3. The minimum Gasteiger partial charge on any atom is -0.488 e. The van der Waals surface area contributed by atoms with Gasteiger partial charge in [-0.2, -0.15) is 0 Å². The Hall–Kier alpha value is -7.59. The zero-order valence-corrected chi connectivity index (χ0v) is 41.0. The van der Waals surface area contributed by atoms with Crippen molar-refractivity contribution in [3.8, 4) is 22.6 Å². The number of alkyl halides is 1. The Kier molecular flexibility index (Phi) is 13.2. The summed E-state index contributed by atoms with van der Waals surface area (Å²) < 4.78 is 19.0. The summed E-state index contributed by atoms with van der Waals surface area (Å²) in [5, 5.41) is 7.02. The van der Waals surface area contributed by atoms with E-state index < -0.39 is 18.1 Å². The monoisotopic (exact) mass is 991 g/mol. The Morgan fingerprint density at radius 1 is 0.597 bits per heavy atom. The van der Waals surface area contributed by atoms with E-state index in [2.05, 4.69) is 36.2 Å². The van der Waals surface area contributed by atoms with Crippen molar-refractivity contribution in [1.82, 2.24) is 5.32 Å². The van der Waals surface area contributed by atoms with Crippen LogP contribution < -0.4 is 24.6 Å². The highest BCUT2D eigenvalue weighted by atomic mass is 35.5. The first-order valence-electron chi connectivity index (χ1n) is 24.3. The number of nitrogens with zero attached hydrogens (tertiary/aromatic N) is 2. The van der Waals surface area contributed by atoms with Crippen molar-refractivity contribution in [2.45, 2.75) is 49.9 Å². The molecule has 0 aromatic heterocycles. The first kappa shape index (κ1) is 46.8. The van der Waals surface area contributed by atoms with Crippen LogP contribution in [0.5, 0.6) is 11.5 Å². The van der Waals surface area contributed by atoms with Crippen LogP contribution in [0.3, 0.4) is 0 Å². The molecule has 1 unspecified atom stereocenters. The molecule has 3 aliphatic rings. The number of alkyl carbamates (subject to hydrolysis) is 1. The quantitative estimate of drug-likeness (QED) is 0.103. The molecular weight excluding hydrogens is 942 g/mol. The zero-order chi connectivity index (χ0) is 49.3. The summed E-state index contributed by atoms with van der Waals surface area (Å²) in [4.78, 5) is 47.7. The molecule has 72 heavy (non-hydrogen) atoms.